The van der Waals surface area contributed by atoms with Crippen molar-refractivity contribution in [3.05, 3.63) is 176 Å². The average molecular weight is 811 g/mol. The molecular formula is C36H28N14NiO6. The second-order valence-corrected chi connectivity index (χ2v) is 10.6. The van der Waals surface area contributed by atoms with Gasteiger partial charge in [-0.1, -0.05) is 12.1 Å². The molecule has 0 bridgehead atoms. The smallest absolute Gasteiger partial charge is 0.497 e. The summed E-state index contributed by atoms with van der Waals surface area (Å²) in [5.41, 5.74) is 10.1. The second kappa shape index (κ2) is 21.7. The van der Waals surface area contributed by atoms with Crippen LogP contribution in [0, 0.1) is 20.2 Å². The Labute approximate surface area is 333 Å². The van der Waals surface area contributed by atoms with Gasteiger partial charge in [-0.3, -0.25) is 30.2 Å². The molecule has 0 N–H and O–H groups in total. The van der Waals surface area contributed by atoms with E-state index in [4.69, 9.17) is 9.47 Å². The van der Waals surface area contributed by atoms with Crippen LogP contribution < -0.4 is 9.47 Å². The summed E-state index contributed by atoms with van der Waals surface area (Å²) < 4.78 is 10.2. The SMILES string of the molecule is COc1ccc(N=NC(=N[N-]c2ccc([N+](=O)[O-])cn2)c2cccnc2)cc1.COc1ccc(N=NC(=N[N-]c2ccc([N+](=O)[O-])cn2)c2cccnc2)cc1.[Ni+2]. The van der Waals surface area contributed by atoms with Crippen LogP contribution in [0.5, 0.6) is 11.5 Å². The molecule has 0 radical (unpaired) electrons. The Balaban J connectivity index is 0.000000248. The Hall–Kier alpha value is -7.93. The predicted molar refractivity (Wildman–Crippen MR) is 204 cm³/mol. The van der Waals surface area contributed by atoms with Gasteiger partial charge >= 0.3 is 16.5 Å². The van der Waals surface area contributed by atoms with Crippen molar-refractivity contribution < 1.29 is 35.8 Å². The number of pyridine rings is 4. The number of methoxy groups -OCH3 is 2. The molecule has 0 fully saturated rings. The Bertz CT molecular complexity index is 2150. The summed E-state index contributed by atoms with van der Waals surface area (Å²) >= 11 is 0. The van der Waals surface area contributed by atoms with Crippen LogP contribution >= 0.6 is 0 Å². The quantitative estimate of drug-likeness (QED) is 0.0282. The number of aromatic nitrogens is 4. The van der Waals surface area contributed by atoms with Crippen molar-refractivity contribution in [3.8, 4) is 11.5 Å². The number of ether oxygens (including phenoxy) is 2. The molecule has 0 unspecified atom stereocenters. The Morgan fingerprint density at radius 1 is 0.579 bits per heavy atom. The Morgan fingerprint density at radius 3 is 1.28 bits per heavy atom. The first kappa shape index (κ1) is 41.8. The molecule has 2 aromatic carbocycles. The first-order valence-corrected chi connectivity index (χ1v) is 16.0. The first-order chi connectivity index (χ1) is 27.3. The van der Waals surface area contributed by atoms with Gasteiger partial charge in [0.1, 0.15) is 11.5 Å². The zero-order valence-corrected chi connectivity index (χ0v) is 30.7. The molecule has 0 aliphatic heterocycles. The van der Waals surface area contributed by atoms with Gasteiger partial charge in [-0.15, -0.1) is 20.5 Å². The second-order valence-electron chi connectivity index (χ2n) is 10.6. The van der Waals surface area contributed by atoms with E-state index in [1.54, 1.807) is 112 Å². The number of nitrogens with zero attached hydrogens (tertiary/aromatic N) is 14. The minimum atomic E-state index is -0.538. The van der Waals surface area contributed by atoms with Crippen LogP contribution in [0.1, 0.15) is 11.1 Å². The number of benzene rings is 2. The van der Waals surface area contributed by atoms with Crippen LogP contribution in [0.3, 0.4) is 0 Å². The maximum atomic E-state index is 10.7. The average Bonchev–Trinajstić information content (AvgIpc) is 3.25. The molecule has 6 rings (SSSR count). The van der Waals surface area contributed by atoms with Crippen molar-refractivity contribution in [3.63, 3.8) is 0 Å². The molecule has 57 heavy (non-hydrogen) atoms. The monoisotopic (exact) mass is 810 g/mol. The number of hydrogen-bond donors (Lipinski definition) is 0. The molecular weight excluding hydrogens is 783 g/mol. The molecule has 0 saturated heterocycles. The van der Waals surface area contributed by atoms with Gasteiger partial charge in [0.15, 0.2) is 11.7 Å². The summed E-state index contributed by atoms with van der Waals surface area (Å²) in [5, 5.41) is 46.1. The molecule has 0 saturated carbocycles. The third-order valence-electron chi connectivity index (χ3n) is 6.89. The molecule has 21 heteroatoms. The van der Waals surface area contributed by atoms with Crippen molar-refractivity contribution in [2.75, 3.05) is 14.2 Å². The first-order valence-electron chi connectivity index (χ1n) is 16.0. The topological polar surface area (TPSA) is 259 Å². The van der Waals surface area contributed by atoms with E-state index in [1.165, 1.54) is 24.3 Å². The van der Waals surface area contributed by atoms with E-state index in [0.29, 0.717) is 34.0 Å². The number of amidine groups is 2. The molecule has 4 aromatic heterocycles. The molecule has 0 atom stereocenters. The van der Waals surface area contributed by atoms with E-state index < -0.39 is 9.85 Å². The van der Waals surface area contributed by atoms with Crippen molar-refractivity contribution in [2.45, 2.75) is 0 Å². The van der Waals surface area contributed by atoms with Crippen LogP contribution in [-0.2, 0) is 16.5 Å². The summed E-state index contributed by atoms with van der Waals surface area (Å²) in [5.74, 6) is 2.24. The van der Waals surface area contributed by atoms with Gasteiger partial charge in [0.25, 0.3) is 11.4 Å². The summed E-state index contributed by atoms with van der Waals surface area (Å²) in [4.78, 5) is 36.1. The van der Waals surface area contributed by atoms with Crippen LogP contribution in [-0.4, -0.2) is 55.7 Å². The Morgan fingerprint density at radius 2 is 0.982 bits per heavy atom. The van der Waals surface area contributed by atoms with Gasteiger partial charge in [0.05, 0.1) is 35.4 Å². The van der Waals surface area contributed by atoms with Gasteiger partial charge in [-0.25, -0.2) is 10.2 Å². The maximum absolute atomic E-state index is 10.7. The van der Waals surface area contributed by atoms with Crippen LogP contribution in [0.25, 0.3) is 10.9 Å². The number of rotatable bonds is 12. The van der Waals surface area contributed by atoms with E-state index in [9.17, 15) is 20.2 Å². The summed E-state index contributed by atoms with van der Waals surface area (Å²) in [6.07, 6.45) is 8.61. The molecule has 4 heterocycles. The molecule has 0 amide bonds. The minimum absolute atomic E-state index is 0. The van der Waals surface area contributed by atoms with Crippen molar-refractivity contribution in [1.82, 2.24) is 19.9 Å². The zero-order chi connectivity index (χ0) is 39.5. The molecule has 0 aliphatic carbocycles. The standard InChI is InChI=1S/2C18H14N7O3.Ni/c2*1-28-16-7-4-14(5-8-16)21-23-18(13-3-2-10-19-11-13)24-22-17-9-6-15(12-20-17)25(26)27;/h2*2-12H,1H3;/q2*-1;+2. The third-order valence-corrected chi connectivity index (χ3v) is 6.89. The number of nitro groups is 2. The molecule has 20 nitrogen and oxygen atoms in total. The van der Waals surface area contributed by atoms with Crippen LogP contribution in [0.4, 0.5) is 34.4 Å². The Kier molecular flexibility index (Phi) is 15.9. The van der Waals surface area contributed by atoms with E-state index in [0.717, 1.165) is 12.4 Å². The third kappa shape index (κ3) is 13.2. The molecule has 6 aromatic rings. The van der Waals surface area contributed by atoms with Crippen molar-refractivity contribution in [2.24, 2.45) is 30.7 Å². The van der Waals surface area contributed by atoms with E-state index in [2.05, 4.69) is 61.4 Å². The van der Waals surface area contributed by atoms with Crippen molar-refractivity contribution in [1.29, 1.82) is 0 Å². The maximum Gasteiger partial charge on any atom is 2.00 e. The van der Waals surface area contributed by atoms with Gasteiger partial charge < -0.3 is 30.3 Å². The largest absolute Gasteiger partial charge is 2.00 e. The molecule has 0 aliphatic rings. The van der Waals surface area contributed by atoms with Gasteiger partial charge in [0, 0.05) is 60.4 Å². The fraction of sp³-hybridized carbons (Fsp3) is 0.0556. The van der Waals surface area contributed by atoms with Gasteiger partial charge in [-0.05, 0) is 84.4 Å². The van der Waals surface area contributed by atoms with Gasteiger partial charge in [0.2, 0.25) is 0 Å². The van der Waals surface area contributed by atoms with Crippen molar-refractivity contribution >= 4 is 46.1 Å². The fourth-order valence-corrected chi connectivity index (χ4v) is 4.06. The number of hydrogen-bond acceptors (Lipinski definition) is 14. The van der Waals surface area contributed by atoms with Crippen LogP contribution in [0.15, 0.2) is 165 Å². The summed E-state index contributed by atoms with van der Waals surface area (Å²) in [6.45, 7) is 0. The van der Waals surface area contributed by atoms with E-state index in [1.807, 2.05) is 0 Å². The van der Waals surface area contributed by atoms with E-state index >= 15 is 0 Å². The van der Waals surface area contributed by atoms with Gasteiger partial charge in [-0.2, -0.15) is 0 Å². The normalized spacial score (nSPS) is 11.2. The molecule has 288 valence electrons. The fourth-order valence-electron chi connectivity index (χ4n) is 4.06. The summed E-state index contributed by atoms with van der Waals surface area (Å²) in [7, 11) is 3.16. The summed E-state index contributed by atoms with van der Waals surface area (Å²) in [6, 6.07) is 26.4. The zero-order valence-electron chi connectivity index (χ0n) is 29.7. The minimum Gasteiger partial charge on any atom is -0.497 e. The van der Waals surface area contributed by atoms with E-state index in [-0.39, 0.29) is 51.2 Å². The van der Waals surface area contributed by atoms with Crippen LogP contribution in [0.2, 0.25) is 0 Å². The number of azo groups is 2. The predicted octanol–water partition coefficient (Wildman–Crippen LogP) is 9.09. The molecule has 0 spiro atoms.